The molecule has 16 heavy (non-hydrogen) atoms. The summed E-state index contributed by atoms with van der Waals surface area (Å²) in [7, 11) is 0. The Labute approximate surface area is 93.4 Å². The van der Waals surface area contributed by atoms with Gasteiger partial charge in [-0.3, -0.25) is 10.1 Å². The molecule has 0 bridgehead atoms. The summed E-state index contributed by atoms with van der Waals surface area (Å²) in [5.41, 5.74) is 0.460. The third kappa shape index (κ3) is 1.79. The zero-order chi connectivity index (χ0) is 11.8. The molecule has 1 aromatic carbocycles. The van der Waals surface area contributed by atoms with Gasteiger partial charge in [0.25, 0.3) is 0 Å². The van der Waals surface area contributed by atoms with Crippen molar-refractivity contribution in [1.29, 1.82) is 0 Å². The van der Waals surface area contributed by atoms with Crippen LogP contribution >= 0.6 is 0 Å². The highest BCUT2D eigenvalue weighted by molar-refractivity contribution is 5.39. The molecule has 0 unspecified atom stereocenters. The Hall–Kier alpha value is -1.45. The molecule has 1 aliphatic carbocycles. The maximum absolute atomic E-state index is 13.2. The summed E-state index contributed by atoms with van der Waals surface area (Å²) >= 11 is 0. The van der Waals surface area contributed by atoms with E-state index in [1.807, 2.05) is 0 Å². The van der Waals surface area contributed by atoms with Gasteiger partial charge in [0, 0.05) is 6.07 Å². The first-order valence-corrected chi connectivity index (χ1v) is 5.47. The molecular formula is C12H14FNO2. The van der Waals surface area contributed by atoms with Crippen LogP contribution in [-0.4, -0.2) is 4.92 Å². The molecule has 0 amide bonds. The number of rotatable bonds is 2. The summed E-state index contributed by atoms with van der Waals surface area (Å²) in [5, 5.41) is 10.7. The predicted octanol–water partition coefficient (Wildman–Crippen LogP) is 3.57. The van der Waals surface area contributed by atoms with E-state index in [1.54, 1.807) is 6.07 Å². The number of hydrogen-bond donors (Lipinski definition) is 0. The van der Waals surface area contributed by atoms with Crippen LogP contribution in [0.2, 0.25) is 0 Å². The van der Waals surface area contributed by atoms with E-state index >= 15 is 0 Å². The Balaban J connectivity index is 2.43. The summed E-state index contributed by atoms with van der Waals surface area (Å²) in [6.45, 7) is 2.09. The van der Waals surface area contributed by atoms with Crippen LogP contribution in [0, 0.1) is 15.9 Å². The molecule has 0 saturated heterocycles. The quantitative estimate of drug-likeness (QED) is 0.568. The molecule has 4 heteroatoms. The van der Waals surface area contributed by atoms with Gasteiger partial charge in [-0.2, -0.15) is 4.39 Å². The van der Waals surface area contributed by atoms with Gasteiger partial charge in [-0.05, 0) is 29.9 Å². The van der Waals surface area contributed by atoms with Gasteiger partial charge in [-0.1, -0.05) is 25.8 Å². The summed E-state index contributed by atoms with van der Waals surface area (Å²) in [4.78, 5) is 10.0. The number of nitrogens with zero attached hydrogens (tertiary/aromatic N) is 1. The van der Waals surface area contributed by atoms with Crippen molar-refractivity contribution >= 4 is 5.69 Å². The van der Waals surface area contributed by atoms with Crippen molar-refractivity contribution in [3.63, 3.8) is 0 Å². The zero-order valence-electron chi connectivity index (χ0n) is 9.20. The third-order valence-corrected chi connectivity index (χ3v) is 3.55. The van der Waals surface area contributed by atoms with Crippen LogP contribution in [0.5, 0.6) is 0 Å². The topological polar surface area (TPSA) is 43.1 Å². The van der Waals surface area contributed by atoms with Crippen LogP contribution in [0.1, 0.15) is 38.2 Å². The van der Waals surface area contributed by atoms with Crippen LogP contribution in [0.3, 0.4) is 0 Å². The van der Waals surface area contributed by atoms with E-state index in [0.717, 1.165) is 31.2 Å². The molecule has 1 fully saturated rings. The number of halogens is 1. The fraction of sp³-hybridized carbons (Fsp3) is 0.500. The number of nitro benzene ring substituents is 1. The summed E-state index contributed by atoms with van der Waals surface area (Å²) in [6, 6.07) is 4.27. The van der Waals surface area contributed by atoms with Crippen LogP contribution in [0.25, 0.3) is 0 Å². The lowest BCUT2D eigenvalue weighted by molar-refractivity contribution is -0.387. The number of benzene rings is 1. The van der Waals surface area contributed by atoms with Crippen molar-refractivity contribution in [2.24, 2.45) is 0 Å². The molecule has 1 aromatic rings. The van der Waals surface area contributed by atoms with Crippen molar-refractivity contribution in [2.75, 3.05) is 0 Å². The molecule has 0 aliphatic heterocycles. The Morgan fingerprint density at radius 1 is 1.38 bits per heavy atom. The highest BCUT2D eigenvalue weighted by atomic mass is 19.1. The monoisotopic (exact) mass is 223 g/mol. The molecule has 0 radical (unpaired) electrons. The van der Waals surface area contributed by atoms with E-state index in [9.17, 15) is 14.5 Å². The van der Waals surface area contributed by atoms with Crippen LogP contribution in [0.15, 0.2) is 18.2 Å². The van der Waals surface area contributed by atoms with E-state index in [1.165, 1.54) is 12.1 Å². The molecule has 3 nitrogen and oxygen atoms in total. The van der Waals surface area contributed by atoms with Crippen LogP contribution in [-0.2, 0) is 5.41 Å². The van der Waals surface area contributed by atoms with Crippen LogP contribution in [0.4, 0.5) is 10.1 Å². The average Bonchev–Trinajstić information content (AvgIpc) is 2.66. The highest BCUT2D eigenvalue weighted by Gasteiger charge is 2.32. The van der Waals surface area contributed by atoms with Gasteiger partial charge >= 0.3 is 5.69 Å². The fourth-order valence-electron chi connectivity index (χ4n) is 2.47. The molecule has 2 rings (SSSR count). The number of nitro groups is 1. The second kappa shape index (κ2) is 3.85. The lowest BCUT2D eigenvalue weighted by Crippen LogP contribution is -2.17. The minimum Gasteiger partial charge on any atom is -0.258 e. The first kappa shape index (κ1) is 11.0. The molecule has 0 N–H and O–H groups in total. The molecule has 1 saturated carbocycles. The molecule has 0 atom stereocenters. The van der Waals surface area contributed by atoms with Gasteiger partial charge in [0.05, 0.1) is 4.92 Å². The summed E-state index contributed by atoms with van der Waals surface area (Å²) in [6.07, 6.45) is 4.33. The SMILES string of the molecule is CC1(c2ccc(F)c([N+](=O)[O-])c2)CCCC1. The van der Waals surface area contributed by atoms with E-state index in [2.05, 4.69) is 6.92 Å². The predicted molar refractivity (Wildman–Crippen MR) is 58.9 cm³/mol. The molecule has 1 aliphatic rings. The Bertz CT molecular complexity index is 425. The van der Waals surface area contributed by atoms with Gasteiger partial charge in [0.1, 0.15) is 0 Å². The van der Waals surface area contributed by atoms with Crippen LogP contribution < -0.4 is 0 Å². The largest absolute Gasteiger partial charge is 0.305 e. The summed E-state index contributed by atoms with van der Waals surface area (Å²) in [5.74, 6) is -0.754. The second-order valence-electron chi connectivity index (χ2n) is 4.69. The van der Waals surface area contributed by atoms with Gasteiger partial charge in [0.2, 0.25) is 5.82 Å². The van der Waals surface area contributed by atoms with Crippen molar-refractivity contribution in [3.8, 4) is 0 Å². The van der Waals surface area contributed by atoms with E-state index in [0.29, 0.717) is 0 Å². The van der Waals surface area contributed by atoms with E-state index in [4.69, 9.17) is 0 Å². The maximum atomic E-state index is 13.2. The molecular weight excluding hydrogens is 209 g/mol. The first-order valence-electron chi connectivity index (χ1n) is 5.47. The zero-order valence-corrected chi connectivity index (χ0v) is 9.20. The van der Waals surface area contributed by atoms with Gasteiger partial charge in [-0.15, -0.1) is 0 Å². The maximum Gasteiger partial charge on any atom is 0.305 e. The molecule has 0 spiro atoms. The van der Waals surface area contributed by atoms with Crippen molar-refractivity contribution < 1.29 is 9.31 Å². The Kier molecular flexibility index (Phi) is 2.66. The van der Waals surface area contributed by atoms with Crippen molar-refractivity contribution in [3.05, 3.63) is 39.7 Å². The average molecular weight is 223 g/mol. The smallest absolute Gasteiger partial charge is 0.258 e. The van der Waals surface area contributed by atoms with Crippen molar-refractivity contribution in [1.82, 2.24) is 0 Å². The second-order valence-corrected chi connectivity index (χ2v) is 4.69. The molecule has 0 heterocycles. The van der Waals surface area contributed by atoms with Gasteiger partial charge in [-0.25, -0.2) is 0 Å². The fourth-order valence-corrected chi connectivity index (χ4v) is 2.47. The van der Waals surface area contributed by atoms with E-state index < -0.39 is 16.4 Å². The van der Waals surface area contributed by atoms with Gasteiger partial charge in [0.15, 0.2) is 0 Å². The lowest BCUT2D eigenvalue weighted by Gasteiger charge is -2.23. The minimum atomic E-state index is -0.754. The number of hydrogen-bond acceptors (Lipinski definition) is 2. The highest BCUT2D eigenvalue weighted by Crippen LogP contribution is 2.41. The van der Waals surface area contributed by atoms with Crippen molar-refractivity contribution in [2.45, 2.75) is 38.0 Å². The lowest BCUT2D eigenvalue weighted by atomic mass is 9.81. The summed E-state index contributed by atoms with van der Waals surface area (Å²) < 4.78 is 13.2. The standard InChI is InChI=1S/C12H14FNO2/c1-12(6-2-3-7-12)9-4-5-10(13)11(8-9)14(15)16/h4-5,8H,2-3,6-7H2,1H3. The molecule has 0 aromatic heterocycles. The first-order chi connectivity index (χ1) is 7.53. The normalized spacial score (nSPS) is 18.6. The van der Waals surface area contributed by atoms with Gasteiger partial charge < -0.3 is 0 Å². The Morgan fingerprint density at radius 2 is 2.00 bits per heavy atom. The molecule has 86 valence electrons. The Morgan fingerprint density at radius 3 is 2.56 bits per heavy atom. The minimum absolute atomic E-state index is 0.0154. The third-order valence-electron chi connectivity index (χ3n) is 3.55. The van der Waals surface area contributed by atoms with E-state index in [-0.39, 0.29) is 5.41 Å².